The molecule has 18 heavy (non-hydrogen) atoms. The summed E-state index contributed by atoms with van der Waals surface area (Å²) in [4.78, 5) is 7.97. The van der Waals surface area contributed by atoms with E-state index in [0.29, 0.717) is 12.3 Å². The number of hydrogen-bond acceptors (Lipinski definition) is 4. The summed E-state index contributed by atoms with van der Waals surface area (Å²) in [5.41, 5.74) is 6.71. The Balaban J connectivity index is 2.04. The Bertz CT molecular complexity index is 556. The van der Waals surface area contributed by atoms with Crippen LogP contribution in [0.25, 0.3) is 0 Å². The van der Waals surface area contributed by atoms with Crippen molar-refractivity contribution in [1.82, 2.24) is 9.97 Å². The van der Waals surface area contributed by atoms with E-state index >= 15 is 0 Å². The van der Waals surface area contributed by atoms with Gasteiger partial charge in [-0.3, -0.25) is 5.41 Å². The fourth-order valence-corrected chi connectivity index (χ4v) is 1.55. The Morgan fingerprint density at radius 2 is 2.00 bits per heavy atom. The summed E-state index contributed by atoms with van der Waals surface area (Å²) >= 11 is 3.36. The van der Waals surface area contributed by atoms with Gasteiger partial charge in [-0.25, -0.2) is 4.98 Å². The van der Waals surface area contributed by atoms with E-state index in [9.17, 15) is 0 Å². The van der Waals surface area contributed by atoms with Gasteiger partial charge in [0.05, 0.1) is 0 Å². The Morgan fingerprint density at radius 1 is 1.28 bits per heavy atom. The summed E-state index contributed by atoms with van der Waals surface area (Å²) in [6.07, 6.45) is 1.51. The van der Waals surface area contributed by atoms with E-state index < -0.39 is 0 Å². The zero-order valence-electron chi connectivity index (χ0n) is 9.43. The molecule has 0 radical (unpaired) electrons. The molecular formula is C12H11BrN4O. The quantitative estimate of drug-likeness (QED) is 0.669. The molecule has 2 aromatic rings. The molecule has 0 unspecified atom stereocenters. The number of nitrogens with two attached hydrogens (primary N) is 1. The highest BCUT2D eigenvalue weighted by molar-refractivity contribution is 9.10. The average molecular weight is 307 g/mol. The van der Waals surface area contributed by atoms with Gasteiger partial charge in [0.15, 0.2) is 0 Å². The van der Waals surface area contributed by atoms with Crippen molar-refractivity contribution in [2.45, 2.75) is 6.61 Å². The number of nitrogens with zero attached hydrogens (tertiary/aromatic N) is 2. The van der Waals surface area contributed by atoms with Crippen LogP contribution in [-0.2, 0) is 6.61 Å². The first-order valence-electron chi connectivity index (χ1n) is 5.20. The predicted octanol–water partition coefficient (Wildman–Crippen LogP) is 2.10. The van der Waals surface area contributed by atoms with Crippen LogP contribution in [0.4, 0.5) is 0 Å². The van der Waals surface area contributed by atoms with E-state index in [1.54, 1.807) is 6.07 Å². The van der Waals surface area contributed by atoms with E-state index in [1.165, 1.54) is 6.20 Å². The Labute approximate surface area is 113 Å². The maximum absolute atomic E-state index is 7.28. The smallest absolute Gasteiger partial charge is 0.317 e. The fourth-order valence-electron chi connectivity index (χ4n) is 1.29. The number of ether oxygens (including phenoxy) is 1. The van der Waals surface area contributed by atoms with E-state index in [1.807, 2.05) is 24.3 Å². The third kappa shape index (κ3) is 3.27. The molecular weight excluding hydrogens is 296 g/mol. The first-order chi connectivity index (χ1) is 8.65. The lowest BCUT2D eigenvalue weighted by Crippen LogP contribution is -2.14. The highest BCUT2D eigenvalue weighted by Gasteiger charge is 2.03. The minimum atomic E-state index is -0.106. The number of nitrogen functional groups attached to an aromatic ring is 1. The van der Waals surface area contributed by atoms with E-state index in [-0.39, 0.29) is 11.8 Å². The van der Waals surface area contributed by atoms with E-state index in [4.69, 9.17) is 15.9 Å². The summed E-state index contributed by atoms with van der Waals surface area (Å²) in [5, 5.41) is 7.28. The molecule has 3 N–H and O–H groups in total. The lowest BCUT2D eigenvalue weighted by molar-refractivity contribution is 0.280. The molecule has 0 aliphatic carbocycles. The van der Waals surface area contributed by atoms with Crippen LogP contribution in [0.2, 0.25) is 0 Å². The van der Waals surface area contributed by atoms with Gasteiger partial charge in [0, 0.05) is 10.7 Å². The Morgan fingerprint density at radius 3 is 2.67 bits per heavy atom. The van der Waals surface area contributed by atoms with Gasteiger partial charge >= 0.3 is 6.01 Å². The van der Waals surface area contributed by atoms with E-state index in [0.717, 1.165) is 10.0 Å². The van der Waals surface area contributed by atoms with Crippen LogP contribution in [0.3, 0.4) is 0 Å². The van der Waals surface area contributed by atoms with Crippen LogP contribution in [0.15, 0.2) is 41.0 Å². The second-order valence-electron chi connectivity index (χ2n) is 3.55. The van der Waals surface area contributed by atoms with Crippen LogP contribution in [0, 0.1) is 5.41 Å². The molecule has 0 saturated heterocycles. The average Bonchev–Trinajstić information content (AvgIpc) is 2.38. The van der Waals surface area contributed by atoms with E-state index in [2.05, 4.69) is 25.9 Å². The van der Waals surface area contributed by atoms with Gasteiger partial charge in [-0.2, -0.15) is 4.98 Å². The number of amidine groups is 1. The van der Waals surface area contributed by atoms with Crippen molar-refractivity contribution in [2.75, 3.05) is 0 Å². The molecule has 1 heterocycles. The number of halogens is 1. The number of nitrogens with one attached hydrogen (secondary N) is 1. The second kappa shape index (κ2) is 5.59. The summed E-state index contributed by atoms with van der Waals surface area (Å²) < 4.78 is 6.45. The molecule has 0 saturated carbocycles. The zero-order valence-corrected chi connectivity index (χ0v) is 11.0. The summed E-state index contributed by atoms with van der Waals surface area (Å²) in [5.74, 6) is -0.106. The Hall–Kier alpha value is -1.95. The molecule has 0 amide bonds. The summed E-state index contributed by atoms with van der Waals surface area (Å²) in [6, 6.07) is 9.54. The first-order valence-corrected chi connectivity index (χ1v) is 5.99. The minimum absolute atomic E-state index is 0.106. The standard InChI is InChI=1S/C12H11BrN4O/c13-9-3-1-8(2-4-9)7-18-12-16-6-5-10(17-12)11(14)15/h1-6H,7H2,(H3,14,15). The minimum Gasteiger partial charge on any atom is -0.459 e. The third-order valence-electron chi connectivity index (χ3n) is 2.19. The number of hydrogen-bond donors (Lipinski definition) is 2. The largest absolute Gasteiger partial charge is 0.459 e. The third-order valence-corrected chi connectivity index (χ3v) is 2.72. The molecule has 0 spiro atoms. The molecule has 1 aromatic carbocycles. The molecule has 0 aliphatic heterocycles. The maximum Gasteiger partial charge on any atom is 0.317 e. The van der Waals surface area contributed by atoms with Crippen LogP contribution in [-0.4, -0.2) is 15.8 Å². The molecule has 0 atom stereocenters. The molecule has 6 heteroatoms. The first kappa shape index (κ1) is 12.5. The topological polar surface area (TPSA) is 84.9 Å². The lowest BCUT2D eigenvalue weighted by Gasteiger charge is -2.05. The molecule has 0 bridgehead atoms. The van der Waals surface area contributed by atoms with Gasteiger partial charge in [0.1, 0.15) is 18.1 Å². The van der Waals surface area contributed by atoms with Gasteiger partial charge in [-0.05, 0) is 23.8 Å². The van der Waals surface area contributed by atoms with Crippen molar-refractivity contribution < 1.29 is 4.74 Å². The SMILES string of the molecule is N=C(N)c1ccnc(OCc2ccc(Br)cc2)n1. The van der Waals surface area contributed by atoms with Gasteiger partial charge in [-0.1, -0.05) is 28.1 Å². The monoisotopic (exact) mass is 306 g/mol. The van der Waals surface area contributed by atoms with Crippen LogP contribution < -0.4 is 10.5 Å². The van der Waals surface area contributed by atoms with Crippen molar-refractivity contribution in [3.63, 3.8) is 0 Å². The van der Waals surface area contributed by atoms with Gasteiger partial charge in [-0.15, -0.1) is 0 Å². The molecule has 2 rings (SSSR count). The maximum atomic E-state index is 7.28. The van der Waals surface area contributed by atoms with Crippen LogP contribution in [0.1, 0.15) is 11.3 Å². The zero-order chi connectivity index (χ0) is 13.0. The summed E-state index contributed by atoms with van der Waals surface area (Å²) in [7, 11) is 0. The van der Waals surface area contributed by atoms with Crippen molar-refractivity contribution in [2.24, 2.45) is 5.73 Å². The number of rotatable bonds is 4. The van der Waals surface area contributed by atoms with Crippen molar-refractivity contribution in [3.8, 4) is 6.01 Å². The number of aromatic nitrogens is 2. The van der Waals surface area contributed by atoms with Crippen molar-refractivity contribution in [1.29, 1.82) is 5.41 Å². The molecule has 0 aliphatic rings. The molecule has 1 aromatic heterocycles. The van der Waals surface area contributed by atoms with Gasteiger partial charge in [0.2, 0.25) is 0 Å². The molecule has 0 fully saturated rings. The van der Waals surface area contributed by atoms with Crippen LogP contribution >= 0.6 is 15.9 Å². The molecule has 5 nitrogen and oxygen atoms in total. The van der Waals surface area contributed by atoms with Gasteiger partial charge in [0.25, 0.3) is 0 Å². The second-order valence-corrected chi connectivity index (χ2v) is 4.47. The fraction of sp³-hybridized carbons (Fsp3) is 0.0833. The predicted molar refractivity (Wildman–Crippen MR) is 71.5 cm³/mol. The molecule has 92 valence electrons. The highest BCUT2D eigenvalue weighted by Crippen LogP contribution is 2.12. The normalized spacial score (nSPS) is 10.1. The lowest BCUT2D eigenvalue weighted by atomic mass is 10.2. The number of benzene rings is 1. The van der Waals surface area contributed by atoms with Gasteiger partial charge < -0.3 is 10.5 Å². The van der Waals surface area contributed by atoms with Crippen molar-refractivity contribution in [3.05, 3.63) is 52.3 Å². The summed E-state index contributed by atoms with van der Waals surface area (Å²) in [6.45, 7) is 0.370. The van der Waals surface area contributed by atoms with Crippen LogP contribution in [0.5, 0.6) is 6.01 Å². The van der Waals surface area contributed by atoms with Crippen molar-refractivity contribution >= 4 is 21.8 Å². The Kier molecular flexibility index (Phi) is 3.88. The highest BCUT2D eigenvalue weighted by atomic mass is 79.9.